The Balaban J connectivity index is 1.88. The zero-order valence-electron chi connectivity index (χ0n) is 16.0. The minimum Gasteiger partial charge on any atom is -0.494 e. The second-order valence-electron chi connectivity index (χ2n) is 6.48. The van der Waals surface area contributed by atoms with E-state index in [9.17, 15) is 14.0 Å². The van der Waals surface area contributed by atoms with Crippen molar-refractivity contribution in [3.63, 3.8) is 0 Å². The summed E-state index contributed by atoms with van der Waals surface area (Å²) in [6, 6.07) is 8.80. The Kier molecular flexibility index (Phi) is 5.93. The molecule has 150 valence electrons. The van der Waals surface area contributed by atoms with Crippen molar-refractivity contribution in [3.8, 4) is 5.75 Å². The maximum Gasteiger partial charge on any atom is 0.262 e. The predicted octanol–water partition coefficient (Wildman–Crippen LogP) is 3.88. The Hall–Kier alpha value is -3.26. The second kappa shape index (κ2) is 8.40. The molecular formula is C21H20FN3O3S. The molecule has 0 aliphatic carbocycles. The highest BCUT2D eigenvalue weighted by atomic mass is 32.1. The van der Waals surface area contributed by atoms with Crippen LogP contribution >= 0.6 is 12.2 Å². The van der Waals surface area contributed by atoms with Crippen molar-refractivity contribution in [2.75, 3.05) is 7.11 Å². The molecule has 1 aromatic heterocycles. The van der Waals surface area contributed by atoms with E-state index in [0.29, 0.717) is 28.6 Å². The van der Waals surface area contributed by atoms with Crippen molar-refractivity contribution in [3.05, 3.63) is 81.1 Å². The topological polar surface area (TPSA) is 76.1 Å². The lowest BCUT2D eigenvalue weighted by molar-refractivity contribution is 0.0940. The molecule has 0 bridgehead atoms. The zero-order valence-corrected chi connectivity index (χ0v) is 16.8. The molecule has 1 heterocycles. The molecule has 0 fully saturated rings. The van der Waals surface area contributed by atoms with Crippen molar-refractivity contribution in [2.24, 2.45) is 0 Å². The van der Waals surface area contributed by atoms with Crippen LogP contribution in [0.2, 0.25) is 0 Å². The number of rotatable bonds is 6. The van der Waals surface area contributed by atoms with E-state index in [-0.39, 0.29) is 22.0 Å². The smallest absolute Gasteiger partial charge is 0.262 e. The van der Waals surface area contributed by atoms with Gasteiger partial charge in [-0.1, -0.05) is 12.1 Å². The number of nitrogens with one attached hydrogen (secondary N) is 2. The molecule has 2 N–H and O–H groups in total. The number of nitrogens with zero attached hydrogens (tertiary/aromatic N) is 1. The van der Waals surface area contributed by atoms with Gasteiger partial charge in [0.05, 0.1) is 24.1 Å². The summed E-state index contributed by atoms with van der Waals surface area (Å²) in [5, 5.41) is 3.24. The lowest BCUT2D eigenvalue weighted by Crippen LogP contribution is -2.27. The minimum absolute atomic E-state index is 0.138. The SMILES string of the molecule is C=CCn1c(=S)[nH]c2cc(C(=O)NC(C)c3ccc(OC)c(F)c3)ccc2c1=O. The van der Waals surface area contributed by atoms with Gasteiger partial charge in [-0.25, -0.2) is 4.39 Å². The molecule has 0 spiro atoms. The minimum atomic E-state index is -0.500. The fourth-order valence-corrected chi connectivity index (χ4v) is 3.27. The number of aromatic nitrogens is 2. The number of amides is 1. The van der Waals surface area contributed by atoms with Crippen LogP contribution in [0.1, 0.15) is 28.9 Å². The first-order chi connectivity index (χ1) is 13.8. The van der Waals surface area contributed by atoms with Crippen LogP contribution in [0.4, 0.5) is 4.39 Å². The Morgan fingerprint density at radius 1 is 1.38 bits per heavy atom. The summed E-state index contributed by atoms with van der Waals surface area (Å²) in [6.07, 6.45) is 1.59. The average Bonchev–Trinajstić information content (AvgIpc) is 2.70. The van der Waals surface area contributed by atoms with E-state index in [1.807, 2.05) is 0 Å². The van der Waals surface area contributed by atoms with Crippen LogP contribution in [0.15, 0.2) is 53.8 Å². The number of fused-ring (bicyclic) bond motifs is 1. The number of allylic oxidation sites excluding steroid dienone is 1. The number of benzene rings is 2. The molecule has 0 saturated heterocycles. The average molecular weight is 413 g/mol. The van der Waals surface area contributed by atoms with E-state index >= 15 is 0 Å². The van der Waals surface area contributed by atoms with Gasteiger partial charge in [0, 0.05) is 12.1 Å². The molecule has 0 aliphatic rings. The van der Waals surface area contributed by atoms with Gasteiger partial charge in [0.1, 0.15) is 0 Å². The first-order valence-electron chi connectivity index (χ1n) is 8.87. The van der Waals surface area contributed by atoms with E-state index in [2.05, 4.69) is 16.9 Å². The number of carbonyl (C=O) groups excluding carboxylic acids is 1. The van der Waals surface area contributed by atoms with Crippen LogP contribution in [0.25, 0.3) is 10.9 Å². The monoisotopic (exact) mass is 413 g/mol. The summed E-state index contributed by atoms with van der Waals surface area (Å²) in [7, 11) is 1.39. The molecule has 8 heteroatoms. The van der Waals surface area contributed by atoms with Gasteiger partial charge < -0.3 is 15.0 Å². The summed E-state index contributed by atoms with van der Waals surface area (Å²) in [5.41, 5.74) is 1.17. The second-order valence-corrected chi connectivity index (χ2v) is 6.87. The van der Waals surface area contributed by atoms with E-state index in [4.69, 9.17) is 17.0 Å². The number of methoxy groups -OCH3 is 1. The first-order valence-corrected chi connectivity index (χ1v) is 9.28. The molecule has 0 radical (unpaired) electrons. The quantitative estimate of drug-likeness (QED) is 0.475. The maximum atomic E-state index is 13.9. The number of H-pyrrole nitrogens is 1. The van der Waals surface area contributed by atoms with Crippen molar-refractivity contribution >= 4 is 29.0 Å². The normalized spacial score (nSPS) is 11.8. The number of aromatic amines is 1. The third-order valence-electron chi connectivity index (χ3n) is 4.58. The first kappa shape index (κ1) is 20.5. The van der Waals surface area contributed by atoms with Gasteiger partial charge in [0.25, 0.3) is 11.5 Å². The highest BCUT2D eigenvalue weighted by Crippen LogP contribution is 2.22. The largest absolute Gasteiger partial charge is 0.494 e. The Morgan fingerprint density at radius 3 is 2.79 bits per heavy atom. The number of hydrogen-bond donors (Lipinski definition) is 2. The molecule has 0 aliphatic heterocycles. The van der Waals surface area contributed by atoms with Crippen LogP contribution in [0.3, 0.4) is 0 Å². The highest BCUT2D eigenvalue weighted by Gasteiger charge is 2.15. The summed E-state index contributed by atoms with van der Waals surface area (Å²) in [4.78, 5) is 28.2. The van der Waals surface area contributed by atoms with Crippen LogP contribution in [-0.4, -0.2) is 22.6 Å². The van der Waals surface area contributed by atoms with Gasteiger partial charge in [-0.05, 0) is 55.0 Å². The number of ether oxygens (including phenoxy) is 1. The van der Waals surface area contributed by atoms with Crippen molar-refractivity contribution in [1.29, 1.82) is 0 Å². The molecule has 29 heavy (non-hydrogen) atoms. The van der Waals surface area contributed by atoms with E-state index in [1.54, 1.807) is 37.3 Å². The van der Waals surface area contributed by atoms with Gasteiger partial charge in [-0.2, -0.15) is 0 Å². The highest BCUT2D eigenvalue weighted by molar-refractivity contribution is 7.71. The predicted molar refractivity (Wildman–Crippen MR) is 112 cm³/mol. The fraction of sp³-hybridized carbons (Fsp3) is 0.190. The van der Waals surface area contributed by atoms with Gasteiger partial charge in [0.15, 0.2) is 16.3 Å². The molecule has 3 aromatic rings. The zero-order chi connectivity index (χ0) is 21.1. The fourth-order valence-electron chi connectivity index (χ4n) is 3.01. The Bertz CT molecular complexity index is 1220. The number of carbonyl (C=O) groups is 1. The molecule has 3 rings (SSSR count). The van der Waals surface area contributed by atoms with Gasteiger partial charge in [-0.15, -0.1) is 6.58 Å². The molecule has 1 unspecified atom stereocenters. The summed E-state index contributed by atoms with van der Waals surface area (Å²) >= 11 is 5.22. The van der Waals surface area contributed by atoms with Crippen LogP contribution < -0.4 is 15.6 Å². The van der Waals surface area contributed by atoms with Crippen molar-refractivity contribution < 1.29 is 13.9 Å². The summed E-state index contributed by atoms with van der Waals surface area (Å²) in [5.74, 6) is -0.718. The molecule has 0 saturated carbocycles. The van der Waals surface area contributed by atoms with E-state index < -0.39 is 11.9 Å². The van der Waals surface area contributed by atoms with Crippen molar-refractivity contribution in [1.82, 2.24) is 14.9 Å². The molecule has 2 aromatic carbocycles. The molecule has 1 atom stereocenters. The molecule has 1 amide bonds. The number of halogens is 1. The Labute approximate surface area is 171 Å². The van der Waals surface area contributed by atoms with Gasteiger partial charge in [-0.3, -0.25) is 14.2 Å². The Morgan fingerprint density at radius 2 is 2.14 bits per heavy atom. The maximum absolute atomic E-state index is 13.9. The van der Waals surface area contributed by atoms with E-state index in [1.165, 1.54) is 23.8 Å². The lowest BCUT2D eigenvalue weighted by atomic mass is 10.1. The van der Waals surface area contributed by atoms with Gasteiger partial charge in [0.2, 0.25) is 0 Å². The summed E-state index contributed by atoms with van der Waals surface area (Å²) in [6.45, 7) is 5.67. The van der Waals surface area contributed by atoms with Gasteiger partial charge >= 0.3 is 0 Å². The summed E-state index contributed by atoms with van der Waals surface area (Å²) < 4.78 is 20.5. The van der Waals surface area contributed by atoms with Crippen molar-refractivity contribution in [2.45, 2.75) is 19.5 Å². The molecule has 6 nitrogen and oxygen atoms in total. The standard InChI is InChI=1S/C21H20FN3O3S/c1-4-9-25-20(27)15-7-5-14(11-17(15)24-21(25)29)19(26)23-12(2)13-6-8-18(28-3)16(22)10-13/h4-8,10-12H,1,9H2,2-3H3,(H,23,26)(H,24,29). The van der Waals surface area contributed by atoms with E-state index in [0.717, 1.165) is 0 Å². The lowest BCUT2D eigenvalue weighted by Gasteiger charge is -2.15. The third-order valence-corrected chi connectivity index (χ3v) is 4.90. The van der Waals surface area contributed by atoms with Crippen LogP contribution in [0, 0.1) is 10.6 Å². The molecular weight excluding hydrogens is 393 g/mol. The van der Waals surface area contributed by atoms with Crippen LogP contribution in [0.5, 0.6) is 5.75 Å². The third kappa shape index (κ3) is 4.12. The van der Waals surface area contributed by atoms with Crippen LogP contribution in [-0.2, 0) is 6.54 Å². The number of hydrogen-bond acceptors (Lipinski definition) is 4.